The van der Waals surface area contributed by atoms with Crippen molar-refractivity contribution < 1.29 is 4.79 Å². The quantitative estimate of drug-likeness (QED) is 0.720. The maximum absolute atomic E-state index is 11.1. The summed E-state index contributed by atoms with van der Waals surface area (Å²) in [6.45, 7) is 5.96. The van der Waals surface area contributed by atoms with Crippen LogP contribution in [0.1, 0.15) is 20.3 Å². The second-order valence-electron chi connectivity index (χ2n) is 3.17. The Morgan fingerprint density at radius 2 is 2.23 bits per heavy atom. The third-order valence-electron chi connectivity index (χ3n) is 2.17. The maximum atomic E-state index is 11.1. The standard InChI is InChI=1S/C9H19BrN2O/c1-4-12(3)8(2)7-11-9(13)5-6-10/h8H,4-7H2,1-3H3,(H,11,13). The second-order valence-corrected chi connectivity index (χ2v) is 3.96. The summed E-state index contributed by atoms with van der Waals surface area (Å²) >= 11 is 3.23. The first kappa shape index (κ1) is 12.9. The summed E-state index contributed by atoms with van der Waals surface area (Å²) in [5.74, 6) is 0.119. The lowest BCUT2D eigenvalue weighted by molar-refractivity contribution is -0.120. The molecule has 0 aliphatic carbocycles. The highest BCUT2D eigenvalue weighted by Gasteiger charge is 2.07. The Morgan fingerprint density at radius 3 is 2.69 bits per heavy atom. The highest BCUT2D eigenvalue weighted by atomic mass is 79.9. The third kappa shape index (κ3) is 6.05. The van der Waals surface area contributed by atoms with Gasteiger partial charge < -0.3 is 10.2 Å². The highest BCUT2D eigenvalue weighted by Crippen LogP contribution is 1.93. The lowest BCUT2D eigenvalue weighted by atomic mass is 10.3. The first-order valence-electron chi connectivity index (χ1n) is 4.64. The molecule has 1 unspecified atom stereocenters. The molecule has 78 valence electrons. The van der Waals surface area contributed by atoms with Gasteiger partial charge in [-0.3, -0.25) is 4.79 Å². The van der Waals surface area contributed by atoms with Crippen molar-refractivity contribution in [2.45, 2.75) is 26.3 Å². The number of rotatable bonds is 6. The average Bonchev–Trinajstić information content (AvgIpc) is 2.13. The number of nitrogens with zero attached hydrogens (tertiary/aromatic N) is 1. The topological polar surface area (TPSA) is 32.3 Å². The van der Waals surface area contributed by atoms with Crippen molar-refractivity contribution >= 4 is 21.8 Å². The number of carbonyl (C=O) groups excluding carboxylic acids is 1. The van der Waals surface area contributed by atoms with Crippen molar-refractivity contribution in [3.8, 4) is 0 Å². The summed E-state index contributed by atoms with van der Waals surface area (Å²) < 4.78 is 0. The first-order chi connectivity index (χ1) is 6.11. The summed E-state index contributed by atoms with van der Waals surface area (Å²) in [4.78, 5) is 13.3. The van der Waals surface area contributed by atoms with Gasteiger partial charge >= 0.3 is 0 Å². The first-order valence-corrected chi connectivity index (χ1v) is 5.76. The molecule has 0 aliphatic rings. The molecule has 0 radical (unpaired) electrons. The predicted molar refractivity (Wildman–Crippen MR) is 59.2 cm³/mol. The molecule has 3 nitrogen and oxygen atoms in total. The largest absolute Gasteiger partial charge is 0.355 e. The van der Waals surface area contributed by atoms with E-state index in [9.17, 15) is 4.79 Å². The number of hydrogen-bond donors (Lipinski definition) is 1. The fourth-order valence-electron chi connectivity index (χ4n) is 0.903. The minimum absolute atomic E-state index is 0.119. The molecule has 1 amide bonds. The molecular weight excluding hydrogens is 232 g/mol. The van der Waals surface area contributed by atoms with Gasteiger partial charge in [-0.1, -0.05) is 22.9 Å². The summed E-state index contributed by atoms with van der Waals surface area (Å²) in [5, 5.41) is 3.62. The van der Waals surface area contributed by atoms with E-state index in [1.165, 1.54) is 0 Å². The Morgan fingerprint density at radius 1 is 1.62 bits per heavy atom. The summed E-state index contributed by atoms with van der Waals surface area (Å²) in [6, 6.07) is 0.407. The SMILES string of the molecule is CCN(C)C(C)CNC(=O)CCBr. The van der Waals surface area contributed by atoms with Gasteiger partial charge in [-0.05, 0) is 20.5 Å². The van der Waals surface area contributed by atoms with Gasteiger partial charge in [0.25, 0.3) is 0 Å². The molecule has 0 saturated carbocycles. The van der Waals surface area contributed by atoms with Crippen molar-refractivity contribution in [3.05, 3.63) is 0 Å². The van der Waals surface area contributed by atoms with Gasteiger partial charge in [-0.25, -0.2) is 0 Å². The van der Waals surface area contributed by atoms with Crippen molar-refractivity contribution in [1.29, 1.82) is 0 Å². The fourth-order valence-corrected chi connectivity index (χ4v) is 1.26. The number of likely N-dealkylation sites (N-methyl/N-ethyl adjacent to an activating group) is 1. The zero-order valence-corrected chi connectivity index (χ0v) is 10.2. The predicted octanol–water partition coefficient (Wildman–Crippen LogP) is 1.23. The van der Waals surface area contributed by atoms with Crippen LogP contribution in [0.25, 0.3) is 0 Å². The smallest absolute Gasteiger partial charge is 0.220 e. The van der Waals surface area contributed by atoms with E-state index in [1.54, 1.807) is 0 Å². The van der Waals surface area contributed by atoms with E-state index in [2.05, 4.69) is 47.0 Å². The molecule has 0 rings (SSSR count). The third-order valence-corrected chi connectivity index (χ3v) is 2.56. The molecule has 0 aromatic heterocycles. The summed E-state index contributed by atoms with van der Waals surface area (Å²) in [5.41, 5.74) is 0. The molecule has 0 bridgehead atoms. The van der Waals surface area contributed by atoms with Crippen molar-refractivity contribution in [2.24, 2.45) is 0 Å². The van der Waals surface area contributed by atoms with Gasteiger partial charge in [-0.2, -0.15) is 0 Å². The van der Waals surface area contributed by atoms with Gasteiger partial charge in [-0.15, -0.1) is 0 Å². The van der Waals surface area contributed by atoms with Crippen LogP contribution in [0, 0.1) is 0 Å². The minimum atomic E-state index is 0.119. The molecule has 0 saturated heterocycles. The molecule has 4 heteroatoms. The molecule has 0 fully saturated rings. The number of alkyl halides is 1. The zero-order chi connectivity index (χ0) is 10.3. The van der Waals surface area contributed by atoms with Crippen LogP contribution in [-0.2, 0) is 4.79 Å². The number of carbonyl (C=O) groups is 1. The Bertz CT molecular complexity index is 153. The molecule has 1 N–H and O–H groups in total. The fraction of sp³-hybridized carbons (Fsp3) is 0.889. The van der Waals surface area contributed by atoms with Crippen LogP contribution in [0.5, 0.6) is 0 Å². The molecule has 0 aliphatic heterocycles. The molecule has 0 aromatic carbocycles. The minimum Gasteiger partial charge on any atom is -0.355 e. The maximum Gasteiger partial charge on any atom is 0.220 e. The number of hydrogen-bond acceptors (Lipinski definition) is 2. The Hall–Kier alpha value is -0.0900. The van der Waals surface area contributed by atoms with Crippen LogP contribution >= 0.6 is 15.9 Å². The van der Waals surface area contributed by atoms with Gasteiger partial charge in [0.1, 0.15) is 0 Å². The van der Waals surface area contributed by atoms with E-state index in [4.69, 9.17) is 0 Å². The zero-order valence-electron chi connectivity index (χ0n) is 8.64. The highest BCUT2D eigenvalue weighted by molar-refractivity contribution is 9.09. The van der Waals surface area contributed by atoms with Crippen molar-refractivity contribution in [1.82, 2.24) is 10.2 Å². The van der Waals surface area contributed by atoms with Crippen LogP contribution in [0.4, 0.5) is 0 Å². The van der Waals surface area contributed by atoms with Crippen LogP contribution < -0.4 is 5.32 Å². The number of amides is 1. The molecule has 13 heavy (non-hydrogen) atoms. The van der Waals surface area contributed by atoms with Gasteiger partial charge in [0.15, 0.2) is 0 Å². The average molecular weight is 251 g/mol. The Balaban J connectivity index is 3.57. The Labute approximate surface area is 89.0 Å². The van der Waals surface area contributed by atoms with Crippen molar-refractivity contribution in [3.63, 3.8) is 0 Å². The lowest BCUT2D eigenvalue weighted by Gasteiger charge is -2.23. The van der Waals surface area contributed by atoms with Gasteiger partial charge in [0, 0.05) is 24.3 Å². The van der Waals surface area contributed by atoms with E-state index in [0.717, 1.165) is 18.4 Å². The second kappa shape index (κ2) is 7.33. The molecule has 0 heterocycles. The lowest BCUT2D eigenvalue weighted by Crippen LogP contribution is -2.40. The van der Waals surface area contributed by atoms with Gasteiger partial charge in [0.2, 0.25) is 5.91 Å². The van der Waals surface area contributed by atoms with E-state index in [-0.39, 0.29) is 5.91 Å². The van der Waals surface area contributed by atoms with Crippen LogP contribution in [-0.4, -0.2) is 42.3 Å². The molecular formula is C9H19BrN2O. The summed E-state index contributed by atoms with van der Waals surface area (Å²) in [7, 11) is 2.06. The van der Waals surface area contributed by atoms with E-state index in [0.29, 0.717) is 12.5 Å². The van der Waals surface area contributed by atoms with E-state index >= 15 is 0 Å². The molecule has 0 aromatic rings. The molecule has 1 atom stereocenters. The monoisotopic (exact) mass is 250 g/mol. The number of halogens is 1. The Kier molecular flexibility index (Phi) is 7.28. The van der Waals surface area contributed by atoms with Gasteiger partial charge in [0.05, 0.1) is 0 Å². The van der Waals surface area contributed by atoms with E-state index < -0.39 is 0 Å². The summed E-state index contributed by atoms with van der Waals surface area (Å²) in [6.07, 6.45) is 0.558. The van der Waals surface area contributed by atoms with Crippen molar-refractivity contribution in [2.75, 3.05) is 25.5 Å². The van der Waals surface area contributed by atoms with E-state index in [1.807, 2.05) is 0 Å². The van der Waals surface area contributed by atoms with Crippen LogP contribution in [0.3, 0.4) is 0 Å². The normalized spacial score (nSPS) is 13.0. The number of nitrogens with one attached hydrogen (secondary N) is 1. The molecule has 0 spiro atoms. The van der Waals surface area contributed by atoms with Crippen LogP contribution in [0.15, 0.2) is 0 Å². The van der Waals surface area contributed by atoms with Crippen LogP contribution in [0.2, 0.25) is 0 Å².